The van der Waals surface area contributed by atoms with Gasteiger partial charge in [0.2, 0.25) is 0 Å². The van der Waals surface area contributed by atoms with Crippen molar-refractivity contribution < 1.29 is 14.3 Å². The summed E-state index contributed by atoms with van der Waals surface area (Å²) in [7, 11) is 0. The van der Waals surface area contributed by atoms with Crippen LogP contribution in [0, 0.1) is 5.82 Å². The van der Waals surface area contributed by atoms with E-state index in [1.54, 1.807) is 0 Å². The summed E-state index contributed by atoms with van der Waals surface area (Å²) in [4.78, 5) is 11.0. The number of hydrogen-bond acceptors (Lipinski definition) is 2. The van der Waals surface area contributed by atoms with Gasteiger partial charge in [0.1, 0.15) is 11.9 Å². The maximum Gasteiger partial charge on any atom is 0.253 e. The van der Waals surface area contributed by atoms with Gasteiger partial charge in [0.05, 0.1) is 0 Å². The second-order valence-electron chi connectivity index (χ2n) is 3.01. The van der Waals surface area contributed by atoms with Crippen molar-refractivity contribution in [3.8, 4) is 0 Å². The zero-order valence-electron chi connectivity index (χ0n) is 6.75. The number of fused-ring (bicyclic) bond motifs is 1. The first-order chi connectivity index (χ1) is 6.16. The van der Waals surface area contributed by atoms with Gasteiger partial charge < -0.3 is 10.4 Å². The highest BCUT2D eigenvalue weighted by atomic mass is 19.1. The van der Waals surface area contributed by atoms with Crippen LogP contribution in [0.25, 0.3) is 0 Å². The molecule has 0 aliphatic carbocycles. The SMILES string of the molecule is O=C1Nc2ccc(F)cc2C[C@H]1O. The Kier molecular flexibility index (Phi) is 1.77. The third-order valence-electron chi connectivity index (χ3n) is 2.04. The average molecular weight is 181 g/mol. The number of rotatable bonds is 0. The van der Waals surface area contributed by atoms with Crippen LogP contribution in [-0.2, 0) is 11.2 Å². The van der Waals surface area contributed by atoms with Gasteiger partial charge in [0, 0.05) is 12.1 Å². The number of halogens is 1. The average Bonchev–Trinajstić information content (AvgIpc) is 2.08. The fourth-order valence-corrected chi connectivity index (χ4v) is 1.37. The fraction of sp³-hybridized carbons (Fsp3) is 0.222. The van der Waals surface area contributed by atoms with E-state index in [1.807, 2.05) is 0 Å². The summed E-state index contributed by atoms with van der Waals surface area (Å²) < 4.78 is 12.7. The van der Waals surface area contributed by atoms with Gasteiger partial charge in [-0.1, -0.05) is 0 Å². The first-order valence-corrected chi connectivity index (χ1v) is 3.94. The third kappa shape index (κ3) is 1.40. The van der Waals surface area contributed by atoms with Crippen LogP contribution >= 0.6 is 0 Å². The van der Waals surface area contributed by atoms with E-state index in [1.165, 1.54) is 18.2 Å². The molecule has 0 spiro atoms. The van der Waals surface area contributed by atoms with E-state index in [0.717, 1.165) is 0 Å². The predicted octanol–water partition coefficient (Wildman–Crippen LogP) is 0.681. The second kappa shape index (κ2) is 2.81. The number of aliphatic hydroxyl groups excluding tert-OH is 1. The van der Waals surface area contributed by atoms with E-state index in [0.29, 0.717) is 11.3 Å². The Morgan fingerprint density at radius 1 is 1.54 bits per heavy atom. The molecule has 2 rings (SSSR count). The van der Waals surface area contributed by atoms with Crippen LogP contribution in [0.15, 0.2) is 18.2 Å². The van der Waals surface area contributed by atoms with Crippen LogP contribution in [0.5, 0.6) is 0 Å². The highest BCUT2D eigenvalue weighted by Crippen LogP contribution is 2.22. The van der Waals surface area contributed by atoms with Gasteiger partial charge in [-0.2, -0.15) is 0 Å². The van der Waals surface area contributed by atoms with Gasteiger partial charge in [-0.15, -0.1) is 0 Å². The molecule has 0 aromatic heterocycles. The number of carbonyl (C=O) groups excluding carboxylic acids is 1. The van der Waals surface area contributed by atoms with Crippen molar-refractivity contribution >= 4 is 11.6 Å². The normalized spacial score (nSPS) is 20.8. The van der Waals surface area contributed by atoms with Gasteiger partial charge >= 0.3 is 0 Å². The molecule has 1 aromatic rings. The molecule has 1 aliphatic rings. The summed E-state index contributed by atoms with van der Waals surface area (Å²) in [6, 6.07) is 4.09. The molecule has 2 N–H and O–H groups in total. The maximum atomic E-state index is 12.7. The lowest BCUT2D eigenvalue weighted by Crippen LogP contribution is -2.34. The summed E-state index contributed by atoms with van der Waals surface area (Å²) in [5.41, 5.74) is 1.21. The first-order valence-electron chi connectivity index (χ1n) is 3.94. The van der Waals surface area contributed by atoms with Crippen LogP contribution in [0.4, 0.5) is 10.1 Å². The fourth-order valence-electron chi connectivity index (χ4n) is 1.37. The van der Waals surface area contributed by atoms with Crippen LogP contribution in [0.3, 0.4) is 0 Å². The van der Waals surface area contributed by atoms with E-state index in [9.17, 15) is 14.3 Å². The lowest BCUT2D eigenvalue weighted by Gasteiger charge is -2.20. The Labute approximate surface area is 74.2 Å². The Hall–Kier alpha value is -1.42. The summed E-state index contributed by atoms with van der Waals surface area (Å²) in [5.74, 6) is -0.791. The van der Waals surface area contributed by atoms with Crippen molar-refractivity contribution in [2.45, 2.75) is 12.5 Å². The minimum atomic E-state index is -1.06. The Morgan fingerprint density at radius 2 is 2.31 bits per heavy atom. The van der Waals surface area contributed by atoms with E-state index in [2.05, 4.69) is 5.32 Å². The van der Waals surface area contributed by atoms with Crippen molar-refractivity contribution in [3.05, 3.63) is 29.6 Å². The Morgan fingerprint density at radius 3 is 3.08 bits per heavy atom. The summed E-state index contributed by atoms with van der Waals surface area (Å²) in [6.07, 6.45) is -0.881. The molecule has 13 heavy (non-hydrogen) atoms. The highest BCUT2D eigenvalue weighted by Gasteiger charge is 2.23. The number of amides is 1. The number of nitrogens with one attached hydrogen (secondary N) is 1. The molecular weight excluding hydrogens is 173 g/mol. The molecule has 1 heterocycles. The van der Waals surface area contributed by atoms with Crippen molar-refractivity contribution in [1.82, 2.24) is 0 Å². The molecule has 0 saturated carbocycles. The second-order valence-corrected chi connectivity index (χ2v) is 3.01. The topological polar surface area (TPSA) is 49.3 Å². The molecule has 1 atom stereocenters. The lowest BCUT2D eigenvalue weighted by atomic mass is 10.0. The van der Waals surface area contributed by atoms with E-state index in [-0.39, 0.29) is 12.2 Å². The molecule has 4 heteroatoms. The summed E-state index contributed by atoms with van der Waals surface area (Å²) in [6.45, 7) is 0. The minimum absolute atomic E-state index is 0.179. The molecule has 1 aliphatic heterocycles. The first kappa shape index (κ1) is 8.19. The molecule has 68 valence electrons. The van der Waals surface area contributed by atoms with Crippen LogP contribution < -0.4 is 5.32 Å². The van der Waals surface area contributed by atoms with E-state index >= 15 is 0 Å². The number of aliphatic hydroxyl groups is 1. The third-order valence-corrected chi connectivity index (χ3v) is 2.04. The monoisotopic (exact) mass is 181 g/mol. The molecular formula is C9H8FNO2. The summed E-state index contributed by atoms with van der Waals surface area (Å²) in [5, 5.41) is 11.7. The Balaban J connectivity index is 2.42. The molecule has 1 amide bonds. The molecule has 0 bridgehead atoms. The van der Waals surface area contributed by atoms with E-state index in [4.69, 9.17) is 0 Å². The zero-order chi connectivity index (χ0) is 9.42. The molecule has 3 nitrogen and oxygen atoms in total. The smallest absolute Gasteiger partial charge is 0.253 e. The number of hydrogen-bond donors (Lipinski definition) is 2. The molecule has 0 fully saturated rings. The largest absolute Gasteiger partial charge is 0.383 e. The standard InChI is InChI=1S/C9H8FNO2/c10-6-1-2-7-5(3-6)4-8(12)9(13)11-7/h1-3,8,12H,4H2,(H,11,13)/t8-/m1/s1. The predicted molar refractivity (Wildman–Crippen MR) is 44.7 cm³/mol. The van der Waals surface area contributed by atoms with Crippen LogP contribution in [0.1, 0.15) is 5.56 Å². The zero-order valence-corrected chi connectivity index (χ0v) is 6.75. The summed E-state index contributed by atoms with van der Waals surface area (Å²) >= 11 is 0. The molecule has 0 saturated heterocycles. The van der Waals surface area contributed by atoms with Crippen molar-refractivity contribution in [2.75, 3.05) is 5.32 Å². The Bertz CT molecular complexity index is 365. The van der Waals surface area contributed by atoms with Crippen molar-refractivity contribution in [3.63, 3.8) is 0 Å². The van der Waals surface area contributed by atoms with Crippen LogP contribution in [0.2, 0.25) is 0 Å². The highest BCUT2D eigenvalue weighted by molar-refractivity contribution is 5.97. The van der Waals surface area contributed by atoms with Crippen LogP contribution in [-0.4, -0.2) is 17.1 Å². The molecule has 0 unspecified atom stereocenters. The van der Waals surface area contributed by atoms with Crippen molar-refractivity contribution in [1.29, 1.82) is 0 Å². The quantitative estimate of drug-likeness (QED) is 0.618. The lowest BCUT2D eigenvalue weighted by molar-refractivity contribution is -0.124. The number of benzene rings is 1. The van der Waals surface area contributed by atoms with Gasteiger partial charge in [0.25, 0.3) is 5.91 Å². The van der Waals surface area contributed by atoms with Gasteiger partial charge in [-0.3, -0.25) is 4.79 Å². The van der Waals surface area contributed by atoms with Gasteiger partial charge in [0.15, 0.2) is 0 Å². The van der Waals surface area contributed by atoms with Gasteiger partial charge in [-0.05, 0) is 23.8 Å². The maximum absolute atomic E-state index is 12.7. The van der Waals surface area contributed by atoms with E-state index < -0.39 is 12.0 Å². The molecule has 0 radical (unpaired) electrons. The number of anilines is 1. The number of carbonyl (C=O) groups is 1. The molecule has 1 aromatic carbocycles. The minimum Gasteiger partial charge on any atom is -0.383 e. The van der Waals surface area contributed by atoms with Gasteiger partial charge in [-0.25, -0.2) is 4.39 Å². The van der Waals surface area contributed by atoms with Crippen molar-refractivity contribution in [2.24, 2.45) is 0 Å².